The van der Waals surface area contributed by atoms with Gasteiger partial charge in [0.2, 0.25) is 5.91 Å². The molecule has 0 aliphatic heterocycles. The number of carbonyl (C=O) groups is 2. The second-order valence-corrected chi connectivity index (χ2v) is 7.19. The Labute approximate surface area is 176 Å². The minimum Gasteiger partial charge on any atom is -0.465 e. The van der Waals surface area contributed by atoms with Gasteiger partial charge in [-0.3, -0.25) is 9.69 Å². The van der Waals surface area contributed by atoms with Crippen LogP contribution in [0.2, 0.25) is 0 Å². The van der Waals surface area contributed by atoms with Crippen LogP contribution in [0.1, 0.15) is 27.3 Å². The normalized spacial score (nSPS) is 10.8. The zero-order valence-electron chi connectivity index (χ0n) is 17.7. The number of nitrogens with one attached hydrogen (secondary N) is 1. The molecule has 156 valence electrons. The van der Waals surface area contributed by atoms with E-state index in [2.05, 4.69) is 15.2 Å². The molecular formula is C23H26N4O3. The SMILES string of the molecule is COC(=O)c1ccc(NC(=O)CN(C)Cc2c(C)nn(-c3ccccc3)c2C)cc1. The number of esters is 1. The molecule has 0 unspecified atom stereocenters. The fourth-order valence-electron chi connectivity index (χ4n) is 3.30. The average molecular weight is 406 g/mol. The number of likely N-dealkylation sites (N-methyl/N-ethyl adjacent to an activating group) is 1. The molecule has 30 heavy (non-hydrogen) atoms. The van der Waals surface area contributed by atoms with Crippen molar-refractivity contribution in [3.8, 4) is 5.69 Å². The molecule has 3 rings (SSSR count). The monoisotopic (exact) mass is 406 g/mol. The topological polar surface area (TPSA) is 76.5 Å². The molecule has 1 N–H and O–H groups in total. The van der Waals surface area contributed by atoms with E-state index in [4.69, 9.17) is 0 Å². The summed E-state index contributed by atoms with van der Waals surface area (Å²) in [4.78, 5) is 25.9. The third-order valence-electron chi connectivity index (χ3n) is 4.87. The Morgan fingerprint density at radius 1 is 1.07 bits per heavy atom. The predicted octanol–water partition coefficient (Wildman–Crippen LogP) is 3.35. The molecular weight excluding hydrogens is 380 g/mol. The highest BCUT2D eigenvalue weighted by molar-refractivity contribution is 5.93. The molecule has 0 aliphatic carbocycles. The summed E-state index contributed by atoms with van der Waals surface area (Å²) in [5.74, 6) is -0.538. The number of para-hydroxylation sites is 1. The van der Waals surface area contributed by atoms with E-state index in [0.29, 0.717) is 17.8 Å². The predicted molar refractivity (Wildman–Crippen MR) is 116 cm³/mol. The molecule has 7 heteroatoms. The van der Waals surface area contributed by atoms with Gasteiger partial charge < -0.3 is 10.1 Å². The maximum atomic E-state index is 12.4. The lowest BCUT2D eigenvalue weighted by Crippen LogP contribution is -2.30. The van der Waals surface area contributed by atoms with Gasteiger partial charge in [-0.2, -0.15) is 5.10 Å². The second kappa shape index (κ2) is 9.37. The van der Waals surface area contributed by atoms with Crippen molar-refractivity contribution >= 4 is 17.6 Å². The number of aryl methyl sites for hydroxylation is 1. The number of amides is 1. The molecule has 1 aromatic heterocycles. The average Bonchev–Trinajstić information content (AvgIpc) is 3.02. The van der Waals surface area contributed by atoms with E-state index in [-0.39, 0.29) is 12.5 Å². The van der Waals surface area contributed by atoms with Crippen LogP contribution in [0.25, 0.3) is 5.69 Å². The molecule has 0 spiro atoms. The minimum absolute atomic E-state index is 0.130. The van der Waals surface area contributed by atoms with E-state index in [0.717, 1.165) is 22.6 Å². The molecule has 1 heterocycles. The van der Waals surface area contributed by atoms with Gasteiger partial charge >= 0.3 is 5.97 Å². The summed E-state index contributed by atoms with van der Waals surface area (Å²) in [6, 6.07) is 16.6. The Bertz CT molecular complexity index is 1030. The molecule has 0 bridgehead atoms. The second-order valence-electron chi connectivity index (χ2n) is 7.19. The third kappa shape index (κ3) is 4.93. The lowest BCUT2D eigenvalue weighted by Gasteiger charge is -2.17. The quantitative estimate of drug-likeness (QED) is 0.609. The van der Waals surface area contributed by atoms with Crippen LogP contribution < -0.4 is 5.32 Å². The fraction of sp³-hybridized carbons (Fsp3) is 0.261. The summed E-state index contributed by atoms with van der Waals surface area (Å²) in [5, 5.41) is 7.51. The largest absolute Gasteiger partial charge is 0.465 e. The van der Waals surface area contributed by atoms with Gasteiger partial charge in [-0.1, -0.05) is 18.2 Å². The van der Waals surface area contributed by atoms with Crippen molar-refractivity contribution in [3.63, 3.8) is 0 Å². The van der Waals surface area contributed by atoms with Gasteiger partial charge in [0.05, 0.1) is 30.6 Å². The van der Waals surface area contributed by atoms with Crippen molar-refractivity contribution in [1.29, 1.82) is 0 Å². The molecule has 0 aliphatic rings. The van der Waals surface area contributed by atoms with Crippen LogP contribution in [-0.2, 0) is 16.1 Å². The number of benzene rings is 2. The number of hydrogen-bond donors (Lipinski definition) is 1. The number of methoxy groups -OCH3 is 1. The molecule has 0 radical (unpaired) electrons. The molecule has 0 fully saturated rings. The Morgan fingerprint density at radius 2 is 1.73 bits per heavy atom. The number of carbonyl (C=O) groups excluding carboxylic acids is 2. The van der Waals surface area contributed by atoms with Crippen molar-refractivity contribution < 1.29 is 14.3 Å². The number of aromatic nitrogens is 2. The summed E-state index contributed by atoms with van der Waals surface area (Å²) in [7, 11) is 3.24. The first kappa shape index (κ1) is 21.3. The van der Waals surface area contributed by atoms with E-state index in [9.17, 15) is 9.59 Å². The minimum atomic E-state index is -0.408. The first-order valence-electron chi connectivity index (χ1n) is 9.66. The van der Waals surface area contributed by atoms with Crippen molar-refractivity contribution in [1.82, 2.24) is 14.7 Å². The summed E-state index contributed by atoms with van der Waals surface area (Å²) in [6.07, 6.45) is 0. The highest BCUT2D eigenvalue weighted by Gasteiger charge is 2.16. The zero-order valence-corrected chi connectivity index (χ0v) is 17.7. The number of nitrogens with zero attached hydrogens (tertiary/aromatic N) is 3. The van der Waals surface area contributed by atoms with Gasteiger partial charge in [0.25, 0.3) is 0 Å². The van der Waals surface area contributed by atoms with Crippen LogP contribution in [0, 0.1) is 13.8 Å². The van der Waals surface area contributed by atoms with Gasteiger partial charge in [-0.15, -0.1) is 0 Å². The van der Waals surface area contributed by atoms with Crippen LogP contribution in [0.5, 0.6) is 0 Å². The lowest BCUT2D eigenvalue weighted by atomic mass is 10.2. The van der Waals surface area contributed by atoms with Gasteiger partial charge in [-0.05, 0) is 57.3 Å². The maximum Gasteiger partial charge on any atom is 0.337 e. The third-order valence-corrected chi connectivity index (χ3v) is 4.87. The van der Waals surface area contributed by atoms with E-state index in [1.54, 1.807) is 24.3 Å². The Hall–Kier alpha value is -3.45. The number of ether oxygens (including phenoxy) is 1. The van der Waals surface area contributed by atoms with Crippen molar-refractivity contribution in [2.24, 2.45) is 0 Å². The smallest absolute Gasteiger partial charge is 0.337 e. The van der Waals surface area contributed by atoms with Gasteiger partial charge in [-0.25, -0.2) is 9.48 Å². The van der Waals surface area contributed by atoms with Crippen LogP contribution in [0.4, 0.5) is 5.69 Å². The molecule has 7 nitrogen and oxygen atoms in total. The van der Waals surface area contributed by atoms with E-state index in [1.165, 1.54) is 7.11 Å². The zero-order chi connectivity index (χ0) is 21.7. The Morgan fingerprint density at radius 3 is 2.37 bits per heavy atom. The summed E-state index contributed by atoms with van der Waals surface area (Å²) >= 11 is 0. The molecule has 3 aromatic rings. The maximum absolute atomic E-state index is 12.4. The molecule has 1 amide bonds. The number of rotatable bonds is 7. The van der Waals surface area contributed by atoms with Crippen molar-refractivity contribution in [2.45, 2.75) is 20.4 Å². The van der Waals surface area contributed by atoms with Gasteiger partial charge in [0.1, 0.15) is 0 Å². The number of hydrogen-bond acceptors (Lipinski definition) is 5. The Kier molecular flexibility index (Phi) is 6.64. The van der Waals surface area contributed by atoms with E-state index in [1.807, 2.05) is 60.8 Å². The molecule has 2 aromatic carbocycles. The molecule has 0 atom stereocenters. The van der Waals surface area contributed by atoms with E-state index < -0.39 is 5.97 Å². The standard InChI is InChI=1S/C23H26N4O3/c1-16-21(17(2)27(25-16)20-8-6-5-7-9-20)14-26(3)15-22(28)24-19-12-10-18(11-13-19)23(29)30-4/h5-13H,14-15H2,1-4H3,(H,24,28). The molecule has 0 saturated carbocycles. The van der Waals surface area contributed by atoms with Crippen molar-refractivity contribution in [2.75, 3.05) is 26.0 Å². The summed E-state index contributed by atoms with van der Waals surface area (Å²) in [5.41, 5.74) is 5.20. The lowest BCUT2D eigenvalue weighted by molar-refractivity contribution is -0.117. The first-order valence-corrected chi connectivity index (χ1v) is 9.66. The Balaban J connectivity index is 1.62. The fourth-order valence-corrected chi connectivity index (χ4v) is 3.30. The number of anilines is 1. The van der Waals surface area contributed by atoms with Crippen molar-refractivity contribution in [3.05, 3.63) is 77.1 Å². The van der Waals surface area contributed by atoms with E-state index >= 15 is 0 Å². The highest BCUT2D eigenvalue weighted by Crippen LogP contribution is 2.19. The van der Waals surface area contributed by atoms with Crippen LogP contribution >= 0.6 is 0 Å². The van der Waals surface area contributed by atoms with Gasteiger partial charge in [0.15, 0.2) is 0 Å². The van der Waals surface area contributed by atoms with Crippen LogP contribution in [-0.4, -0.2) is 47.3 Å². The van der Waals surface area contributed by atoms with Gasteiger partial charge in [0, 0.05) is 23.5 Å². The molecule has 0 saturated heterocycles. The first-order chi connectivity index (χ1) is 14.4. The summed E-state index contributed by atoms with van der Waals surface area (Å²) in [6.45, 7) is 4.87. The van der Waals surface area contributed by atoms with Crippen LogP contribution in [0.15, 0.2) is 54.6 Å². The summed E-state index contributed by atoms with van der Waals surface area (Å²) < 4.78 is 6.61. The highest BCUT2D eigenvalue weighted by atomic mass is 16.5. The van der Waals surface area contributed by atoms with Crippen LogP contribution in [0.3, 0.4) is 0 Å².